The van der Waals surface area contributed by atoms with Crippen molar-refractivity contribution in [1.82, 2.24) is 19.2 Å². The van der Waals surface area contributed by atoms with Crippen molar-refractivity contribution in [1.29, 1.82) is 0 Å². The van der Waals surface area contributed by atoms with Crippen LogP contribution < -0.4 is 5.32 Å². The average molecular weight is 417 g/mol. The molecule has 0 spiro atoms. The molecule has 2 aromatic carbocycles. The van der Waals surface area contributed by atoms with Crippen LogP contribution in [0.15, 0.2) is 42.5 Å². The second-order valence-corrected chi connectivity index (χ2v) is 7.15. The zero-order valence-corrected chi connectivity index (χ0v) is 17.1. The predicted octanol–water partition coefficient (Wildman–Crippen LogP) is 4.04. The van der Waals surface area contributed by atoms with Crippen LogP contribution in [0.3, 0.4) is 0 Å². The molecule has 0 bridgehead atoms. The van der Waals surface area contributed by atoms with Gasteiger partial charge in [0.05, 0.1) is 12.4 Å². The van der Waals surface area contributed by atoms with Gasteiger partial charge in [-0.25, -0.2) is 13.5 Å². The van der Waals surface area contributed by atoms with Crippen molar-refractivity contribution in [2.75, 3.05) is 12.4 Å². The maximum absolute atomic E-state index is 13.9. The van der Waals surface area contributed by atoms with Crippen LogP contribution in [-0.2, 0) is 18.0 Å². The van der Waals surface area contributed by atoms with E-state index in [9.17, 15) is 13.6 Å². The van der Waals surface area contributed by atoms with E-state index in [0.29, 0.717) is 28.5 Å². The van der Waals surface area contributed by atoms with Gasteiger partial charge in [-0.05, 0) is 50.5 Å². The molecule has 0 aliphatic rings. The first kappa shape index (κ1) is 20.8. The third-order valence-electron chi connectivity index (χ3n) is 4.26. The molecule has 1 amide bonds. The number of hydrogen-bond acceptors (Lipinski definition) is 4. The molecule has 0 fully saturated rings. The van der Waals surface area contributed by atoms with Crippen molar-refractivity contribution < 1.29 is 13.6 Å². The first-order chi connectivity index (χ1) is 13.7. The van der Waals surface area contributed by atoms with E-state index >= 15 is 0 Å². The maximum Gasteiger partial charge on any atom is 0.221 e. The number of aryl methyl sites for hydroxylation is 1. The number of hydrogen-bond donors (Lipinski definition) is 1. The summed E-state index contributed by atoms with van der Waals surface area (Å²) >= 11 is 5.58. The Kier molecular flexibility index (Phi) is 6.19. The highest BCUT2D eigenvalue weighted by Gasteiger charge is 2.13. The van der Waals surface area contributed by atoms with Crippen LogP contribution in [-0.4, -0.2) is 32.2 Å². The minimum Gasteiger partial charge on any atom is -0.326 e. The van der Waals surface area contributed by atoms with Crippen LogP contribution in [0.25, 0.3) is 5.69 Å². The number of anilines is 1. The molecule has 0 unspecified atom stereocenters. The predicted molar refractivity (Wildman–Crippen MR) is 109 cm³/mol. The molecule has 0 aliphatic heterocycles. The fourth-order valence-electron chi connectivity index (χ4n) is 3.05. The Morgan fingerprint density at radius 3 is 2.69 bits per heavy atom. The Balaban J connectivity index is 1.82. The second-order valence-electron chi connectivity index (χ2n) is 6.79. The molecule has 1 aromatic heterocycles. The maximum atomic E-state index is 13.9. The quantitative estimate of drug-likeness (QED) is 0.615. The summed E-state index contributed by atoms with van der Waals surface area (Å²) in [6.45, 7) is 3.88. The van der Waals surface area contributed by atoms with E-state index in [1.807, 2.05) is 30.0 Å². The van der Waals surface area contributed by atoms with E-state index in [1.54, 1.807) is 22.4 Å². The fourth-order valence-corrected chi connectivity index (χ4v) is 3.39. The van der Waals surface area contributed by atoms with E-state index in [-0.39, 0.29) is 12.5 Å². The molecule has 3 rings (SSSR count). The number of aromatic nitrogens is 3. The normalized spacial score (nSPS) is 11.1. The van der Waals surface area contributed by atoms with Gasteiger partial charge in [-0.3, -0.25) is 14.3 Å². The third kappa shape index (κ3) is 4.93. The first-order valence-corrected chi connectivity index (χ1v) is 9.32. The van der Waals surface area contributed by atoms with Crippen LogP contribution in [0, 0.1) is 23.3 Å². The van der Waals surface area contributed by atoms with Crippen molar-refractivity contribution in [3.05, 3.63) is 70.3 Å². The van der Waals surface area contributed by atoms with Gasteiger partial charge in [-0.1, -0.05) is 12.1 Å². The largest absolute Gasteiger partial charge is 0.326 e. The second kappa shape index (κ2) is 8.62. The topological polar surface area (TPSA) is 55.1 Å². The summed E-state index contributed by atoms with van der Waals surface area (Å²) in [7, 11) is 1.80. The van der Waals surface area contributed by atoms with Gasteiger partial charge < -0.3 is 5.32 Å². The lowest BCUT2D eigenvalue weighted by molar-refractivity contribution is -0.114. The average Bonchev–Trinajstić information content (AvgIpc) is 2.90. The standard InChI is InChI=1S/C20H21F2N5OS/c1-13-24-26(12-25(3)11-15-7-8-16(21)9-19(15)22)20(29)27(13)18-6-4-5-17(10-18)23-14(2)28/h4-10H,11-12H2,1-3H3,(H,23,28). The van der Waals surface area contributed by atoms with Crippen molar-refractivity contribution >= 4 is 23.8 Å². The van der Waals surface area contributed by atoms with Gasteiger partial charge in [-0.2, -0.15) is 5.10 Å². The summed E-state index contributed by atoms with van der Waals surface area (Å²) < 4.78 is 30.9. The lowest BCUT2D eigenvalue weighted by Crippen LogP contribution is -2.23. The van der Waals surface area contributed by atoms with Crippen LogP contribution in [0.4, 0.5) is 14.5 Å². The Morgan fingerprint density at radius 1 is 1.24 bits per heavy atom. The van der Waals surface area contributed by atoms with Crippen LogP contribution in [0.5, 0.6) is 0 Å². The van der Waals surface area contributed by atoms with Crippen molar-refractivity contribution in [2.24, 2.45) is 0 Å². The van der Waals surface area contributed by atoms with E-state index in [2.05, 4.69) is 10.4 Å². The molecule has 6 nitrogen and oxygen atoms in total. The highest BCUT2D eigenvalue weighted by molar-refractivity contribution is 7.71. The molecule has 1 heterocycles. The summed E-state index contributed by atoms with van der Waals surface area (Å²) in [6, 6.07) is 10.8. The number of nitrogens with one attached hydrogen (secondary N) is 1. The molecule has 0 radical (unpaired) electrons. The zero-order chi connectivity index (χ0) is 21.1. The minimum absolute atomic E-state index is 0.159. The van der Waals surface area contributed by atoms with Gasteiger partial charge in [0.2, 0.25) is 10.7 Å². The summed E-state index contributed by atoms with van der Waals surface area (Å²) in [5, 5.41) is 7.23. The van der Waals surface area contributed by atoms with Crippen molar-refractivity contribution in [3.63, 3.8) is 0 Å². The number of carbonyl (C=O) groups is 1. The van der Waals surface area contributed by atoms with E-state index in [4.69, 9.17) is 12.2 Å². The Morgan fingerprint density at radius 2 is 2.00 bits per heavy atom. The van der Waals surface area contributed by atoms with Gasteiger partial charge in [0, 0.05) is 30.8 Å². The Labute approximate surface area is 172 Å². The van der Waals surface area contributed by atoms with E-state index < -0.39 is 11.6 Å². The van der Waals surface area contributed by atoms with Gasteiger partial charge in [0.25, 0.3) is 0 Å². The molecular weight excluding hydrogens is 396 g/mol. The van der Waals surface area contributed by atoms with E-state index in [1.165, 1.54) is 19.1 Å². The van der Waals surface area contributed by atoms with Gasteiger partial charge >= 0.3 is 0 Å². The molecule has 0 aliphatic carbocycles. The zero-order valence-electron chi connectivity index (χ0n) is 16.3. The molecule has 9 heteroatoms. The highest BCUT2D eigenvalue weighted by Crippen LogP contribution is 2.18. The molecule has 152 valence electrons. The molecule has 0 saturated carbocycles. The summed E-state index contributed by atoms with van der Waals surface area (Å²) in [5.74, 6) is -0.673. The lowest BCUT2D eigenvalue weighted by atomic mass is 10.2. The smallest absolute Gasteiger partial charge is 0.221 e. The minimum atomic E-state index is -0.605. The number of rotatable bonds is 6. The number of carbonyl (C=O) groups excluding carboxylic acids is 1. The number of benzene rings is 2. The van der Waals surface area contributed by atoms with E-state index in [0.717, 1.165) is 11.8 Å². The number of nitrogens with zero attached hydrogens (tertiary/aromatic N) is 4. The number of halogens is 2. The Hall–Kier alpha value is -2.91. The summed E-state index contributed by atoms with van der Waals surface area (Å²) in [6.07, 6.45) is 0. The molecule has 1 N–H and O–H groups in total. The summed E-state index contributed by atoms with van der Waals surface area (Å²) in [5.41, 5.74) is 1.82. The van der Waals surface area contributed by atoms with Crippen molar-refractivity contribution in [2.45, 2.75) is 27.1 Å². The van der Waals surface area contributed by atoms with Crippen molar-refractivity contribution in [3.8, 4) is 5.69 Å². The highest BCUT2D eigenvalue weighted by atomic mass is 32.1. The Bertz CT molecular complexity index is 1110. The molecule has 29 heavy (non-hydrogen) atoms. The lowest BCUT2D eigenvalue weighted by Gasteiger charge is -2.17. The summed E-state index contributed by atoms with van der Waals surface area (Å²) in [4.78, 5) is 13.1. The molecule has 3 aromatic rings. The monoisotopic (exact) mass is 417 g/mol. The number of amides is 1. The van der Waals surface area contributed by atoms with Crippen LogP contribution >= 0.6 is 12.2 Å². The molecular formula is C20H21F2N5OS. The molecule has 0 atom stereocenters. The first-order valence-electron chi connectivity index (χ1n) is 8.91. The van der Waals surface area contributed by atoms with Crippen LogP contribution in [0.2, 0.25) is 0 Å². The van der Waals surface area contributed by atoms with Gasteiger partial charge in [0.1, 0.15) is 17.5 Å². The molecule has 0 saturated heterocycles. The third-order valence-corrected chi connectivity index (χ3v) is 4.65. The van der Waals surface area contributed by atoms with Crippen LogP contribution in [0.1, 0.15) is 18.3 Å². The van der Waals surface area contributed by atoms with Gasteiger partial charge in [0.15, 0.2) is 0 Å². The van der Waals surface area contributed by atoms with Gasteiger partial charge in [-0.15, -0.1) is 0 Å². The fraction of sp³-hybridized carbons (Fsp3) is 0.250. The SMILES string of the molecule is CC(=O)Nc1cccc(-n2c(C)nn(CN(C)Cc3ccc(F)cc3F)c2=S)c1.